The van der Waals surface area contributed by atoms with Crippen LogP contribution in [0.5, 0.6) is 0 Å². The highest BCUT2D eigenvalue weighted by Gasteiger charge is 2.45. The average molecular weight is 266 g/mol. The van der Waals surface area contributed by atoms with Gasteiger partial charge in [0.15, 0.2) is 0 Å². The van der Waals surface area contributed by atoms with Crippen LogP contribution in [0.4, 0.5) is 0 Å². The van der Waals surface area contributed by atoms with Gasteiger partial charge < -0.3 is 0 Å². The van der Waals surface area contributed by atoms with Gasteiger partial charge in [-0.2, -0.15) is 0 Å². The molecule has 3 aliphatic rings. The molecule has 0 aromatic heterocycles. The number of likely N-dealkylation sites (tertiary alicyclic amines) is 1. The topological polar surface area (TPSA) is 15.6 Å². The van der Waals surface area contributed by atoms with Crippen molar-refractivity contribution in [1.82, 2.24) is 4.90 Å². The van der Waals surface area contributed by atoms with Gasteiger partial charge in [0, 0.05) is 30.7 Å². The summed E-state index contributed by atoms with van der Waals surface area (Å²) in [5.41, 5.74) is 1.58. The lowest BCUT2D eigenvalue weighted by Crippen LogP contribution is -2.41. The minimum Gasteiger partial charge on any atom is -0.294 e. The molecule has 0 radical (unpaired) electrons. The van der Waals surface area contributed by atoms with E-state index in [0.29, 0.717) is 6.04 Å². The molecule has 0 aromatic carbocycles. The summed E-state index contributed by atoms with van der Waals surface area (Å²) in [7, 11) is 0. The monoisotopic (exact) mass is 266 g/mol. The molecule has 2 nitrogen and oxygen atoms in total. The molecule has 3 rings (SSSR count). The van der Waals surface area contributed by atoms with Crippen LogP contribution in [-0.2, 0) is 0 Å². The van der Waals surface area contributed by atoms with Crippen molar-refractivity contribution in [2.45, 2.75) is 39.2 Å². The third-order valence-electron chi connectivity index (χ3n) is 5.37. The molecule has 1 saturated heterocycles. The molecular weight excluding hydrogens is 240 g/mol. The van der Waals surface area contributed by atoms with Crippen molar-refractivity contribution in [3.63, 3.8) is 0 Å². The van der Waals surface area contributed by atoms with Gasteiger partial charge in [0.1, 0.15) is 0 Å². The van der Waals surface area contributed by atoms with Gasteiger partial charge >= 0.3 is 0 Å². The maximum Gasteiger partial charge on any atom is 0.0471 e. The van der Waals surface area contributed by atoms with Gasteiger partial charge in [-0.05, 0) is 56.1 Å². The fourth-order valence-electron chi connectivity index (χ4n) is 4.46. The number of fused-ring (bicyclic) bond motifs is 2. The number of aliphatic imine (C=N–C) groups is 1. The molecule has 3 unspecified atom stereocenters. The first-order valence-corrected chi connectivity index (χ1v) is 8.86. The molecule has 18 heavy (non-hydrogen) atoms. The molecule has 3 heteroatoms. The lowest BCUT2D eigenvalue weighted by Gasteiger charge is -2.41. The normalized spacial score (nSPS) is 44.4. The molecular formula is C15H26N2S. The predicted octanol–water partition coefficient (Wildman–Crippen LogP) is 3.13. The van der Waals surface area contributed by atoms with Gasteiger partial charge in [-0.3, -0.25) is 9.89 Å². The van der Waals surface area contributed by atoms with E-state index in [1.54, 1.807) is 5.71 Å². The van der Waals surface area contributed by atoms with Gasteiger partial charge in [0.2, 0.25) is 0 Å². The van der Waals surface area contributed by atoms with E-state index >= 15 is 0 Å². The largest absolute Gasteiger partial charge is 0.294 e. The second-order valence-corrected chi connectivity index (χ2v) is 7.43. The van der Waals surface area contributed by atoms with E-state index in [1.165, 1.54) is 38.2 Å². The molecule has 2 fully saturated rings. The Morgan fingerprint density at radius 3 is 2.89 bits per heavy atom. The number of rotatable bonds is 2. The van der Waals surface area contributed by atoms with Crippen molar-refractivity contribution in [2.24, 2.45) is 28.7 Å². The zero-order valence-electron chi connectivity index (χ0n) is 11.9. The first-order chi connectivity index (χ1) is 8.69. The fourth-order valence-corrected chi connectivity index (χ4v) is 5.03. The smallest absolute Gasteiger partial charge is 0.0471 e. The molecule has 2 aliphatic heterocycles. The standard InChI is InChI=1S/C15H26N2S/c1-10-4-5-13-11(2)14-8-17(9-18-3)7-12(14)6-15(13)16-10/h10-14H,4-9H2,1-3H3/t10?,11?,12-,13?,14+/m1/s1. The van der Waals surface area contributed by atoms with Crippen LogP contribution in [0.2, 0.25) is 0 Å². The second-order valence-electron chi connectivity index (χ2n) is 6.59. The van der Waals surface area contributed by atoms with Crippen LogP contribution in [0.1, 0.15) is 33.1 Å². The van der Waals surface area contributed by atoms with Crippen molar-refractivity contribution < 1.29 is 0 Å². The maximum atomic E-state index is 4.98. The summed E-state index contributed by atoms with van der Waals surface area (Å²) in [5, 5.41) is 0. The predicted molar refractivity (Wildman–Crippen MR) is 80.3 cm³/mol. The van der Waals surface area contributed by atoms with E-state index in [1.807, 2.05) is 11.8 Å². The molecule has 0 aromatic rings. The Hall–Kier alpha value is -0.0200. The van der Waals surface area contributed by atoms with E-state index in [0.717, 1.165) is 23.7 Å². The minimum atomic E-state index is 0.587. The highest BCUT2D eigenvalue weighted by molar-refractivity contribution is 7.98. The number of hydrogen-bond acceptors (Lipinski definition) is 3. The Morgan fingerprint density at radius 2 is 2.11 bits per heavy atom. The van der Waals surface area contributed by atoms with Crippen LogP contribution in [0.3, 0.4) is 0 Å². The zero-order valence-corrected chi connectivity index (χ0v) is 12.7. The van der Waals surface area contributed by atoms with Crippen LogP contribution in [0.25, 0.3) is 0 Å². The third kappa shape index (κ3) is 2.24. The molecule has 0 amide bonds. The van der Waals surface area contributed by atoms with Crippen molar-refractivity contribution in [3.8, 4) is 0 Å². The van der Waals surface area contributed by atoms with E-state index in [2.05, 4.69) is 25.0 Å². The Kier molecular flexibility index (Phi) is 3.72. The van der Waals surface area contributed by atoms with Crippen LogP contribution in [-0.4, -0.2) is 41.9 Å². The molecule has 5 atom stereocenters. The molecule has 102 valence electrons. The average Bonchev–Trinajstić information content (AvgIpc) is 2.72. The molecule has 2 heterocycles. The molecule has 1 aliphatic carbocycles. The summed E-state index contributed by atoms with van der Waals surface area (Å²) in [6.45, 7) is 7.44. The van der Waals surface area contributed by atoms with Gasteiger partial charge in [-0.25, -0.2) is 0 Å². The Balaban J connectivity index is 1.76. The van der Waals surface area contributed by atoms with E-state index < -0.39 is 0 Å². The first-order valence-electron chi connectivity index (χ1n) is 7.47. The third-order valence-corrected chi connectivity index (χ3v) is 5.99. The maximum absolute atomic E-state index is 4.98. The highest BCUT2D eigenvalue weighted by atomic mass is 32.2. The van der Waals surface area contributed by atoms with Crippen molar-refractivity contribution in [2.75, 3.05) is 25.2 Å². The van der Waals surface area contributed by atoms with Gasteiger partial charge in [-0.15, -0.1) is 11.8 Å². The summed E-state index contributed by atoms with van der Waals surface area (Å²) in [6.07, 6.45) is 6.23. The first kappa shape index (κ1) is 13.0. The molecule has 0 bridgehead atoms. The number of thioether (sulfide) groups is 1. The summed E-state index contributed by atoms with van der Waals surface area (Å²) in [6, 6.07) is 0.587. The number of hydrogen-bond donors (Lipinski definition) is 0. The van der Waals surface area contributed by atoms with E-state index in [4.69, 9.17) is 4.99 Å². The molecule has 0 spiro atoms. The fraction of sp³-hybridized carbons (Fsp3) is 0.933. The Morgan fingerprint density at radius 1 is 1.28 bits per heavy atom. The van der Waals surface area contributed by atoms with E-state index in [9.17, 15) is 0 Å². The van der Waals surface area contributed by atoms with Crippen LogP contribution >= 0.6 is 11.8 Å². The zero-order chi connectivity index (χ0) is 12.7. The van der Waals surface area contributed by atoms with Crippen LogP contribution < -0.4 is 0 Å². The lowest BCUT2D eigenvalue weighted by atomic mass is 9.65. The lowest BCUT2D eigenvalue weighted by molar-refractivity contribution is 0.206. The van der Waals surface area contributed by atoms with Crippen molar-refractivity contribution >= 4 is 17.5 Å². The second kappa shape index (κ2) is 5.16. The minimum absolute atomic E-state index is 0.587. The van der Waals surface area contributed by atoms with Crippen LogP contribution in [0, 0.1) is 23.7 Å². The summed E-state index contributed by atoms with van der Waals surface area (Å²) in [5.74, 6) is 4.73. The van der Waals surface area contributed by atoms with Crippen molar-refractivity contribution in [1.29, 1.82) is 0 Å². The Labute approximate surface area is 116 Å². The quantitative estimate of drug-likeness (QED) is 0.763. The SMILES string of the molecule is CSCN1C[C@H]2CC3=NC(C)CCC3C(C)[C@@H]2C1. The highest BCUT2D eigenvalue weighted by Crippen LogP contribution is 2.45. The number of nitrogens with zero attached hydrogens (tertiary/aromatic N) is 2. The summed E-state index contributed by atoms with van der Waals surface area (Å²) < 4.78 is 0. The summed E-state index contributed by atoms with van der Waals surface area (Å²) >= 11 is 1.97. The van der Waals surface area contributed by atoms with Gasteiger partial charge in [0.25, 0.3) is 0 Å². The van der Waals surface area contributed by atoms with Crippen molar-refractivity contribution in [3.05, 3.63) is 0 Å². The summed E-state index contributed by atoms with van der Waals surface area (Å²) in [4.78, 5) is 7.64. The van der Waals surface area contributed by atoms with Gasteiger partial charge in [-0.1, -0.05) is 6.92 Å². The Bertz CT molecular complexity index is 341. The van der Waals surface area contributed by atoms with Crippen LogP contribution in [0.15, 0.2) is 4.99 Å². The van der Waals surface area contributed by atoms with Gasteiger partial charge in [0.05, 0.1) is 0 Å². The van der Waals surface area contributed by atoms with E-state index in [-0.39, 0.29) is 0 Å². The molecule has 1 saturated carbocycles. The molecule has 0 N–H and O–H groups in total.